The molecule has 0 saturated heterocycles. The van der Waals surface area contributed by atoms with Crippen molar-refractivity contribution in [3.63, 3.8) is 0 Å². The Kier molecular flexibility index (Phi) is 5.11. The molecule has 4 nitrogen and oxygen atoms in total. The van der Waals surface area contributed by atoms with Crippen molar-refractivity contribution in [2.45, 2.75) is 19.9 Å². The predicted octanol–water partition coefficient (Wildman–Crippen LogP) is 5.46. The number of anilines is 3. The Hall–Kier alpha value is -2.40. The minimum Gasteiger partial charge on any atom is -0.363 e. The maximum atomic E-state index is 4.49. The summed E-state index contributed by atoms with van der Waals surface area (Å²) >= 11 is 3.54. The van der Waals surface area contributed by atoms with Crippen molar-refractivity contribution in [1.82, 2.24) is 9.97 Å². The molecule has 0 spiro atoms. The molecule has 0 saturated carbocycles. The summed E-state index contributed by atoms with van der Waals surface area (Å²) in [5.41, 5.74) is 2.19. The van der Waals surface area contributed by atoms with E-state index >= 15 is 0 Å². The third kappa shape index (κ3) is 4.11. The second kappa shape index (κ2) is 7.45. The van der Waals surface area contributed by atoms with Gasteiger partial charge >= 0.3 is 0 Å². The number of hydrogen-bond acceptors (Lipinski definition) is 4. The fraction of sp³-hybridized carbons (Fsp3) is 0.158. The predicted molar refractivity (Wildman–Crippen MR) is 103 cm³/mol. The van der Waals surface area contributed by atoms with E-state index in [1.807, 2.05) is 55.5 Å². The second-order valence-corrected chi connectivity index (χ2v) is 6.42. The van der Waals surface area contributed by atoms with E-state index < -0.39 is 0 Å². The van der Waals surface area contributed by atoms with Crippen molar-refractivity contribution in [2.75, 3.05) is 10.6 Å². The van der Waals surface area contributed by atoms with Gasteiger partial charge in [0, 0.05) is 16.6 Å². The first-order valence-electron chi connectivity index (χ1n) is 7.80. The number of nitrogens with one attached hydrogen (secondary N) is 2. The molecule has 1 unspecified atom stereocenters. The third-order valence-corrected chi connectivity index (χ3v) is 4.33. The fourth-order valence-corrected chi connectivity index (χ4v) is 2.84. The number of nitrogens with zero attached hydrogens (tertiary/aromatic N) is 2. The molecule has 3 aromatic rings. The highest BCUT2D eigenvalue weighted by Gasteiger charge is 2.08. The molecule has 0 aliphatic carbocycles. The van der Waals surface area contributed by atoms with Crippen LogP contribution >= 0.6 is 15.9 Å². The van der Waals surface area contributed by atoms with Crippen LogP contribution in [0.2, 0.25) is 0 Å². The van der Waals surface area contributed by atoms with Crippen molar-refractivity contribution >= 4 is 33.3 Å². The van der Waals surface area contributed by atoms with Gasteiger partial charge in [-0.2, -0.15) is 0 Å². The van der Waals surface area contributed by atoms with Crippen molar-refractivity contribution in [3.8, 4) is 0 Å². The van der Waals surface area contributed by atoms with Gasteiger partial charge in [-0.3, -0.25) is 0 Å². The van der Waals surface area contributed by atoms with Crippen LogP contribution < -0.4 is 10.6 Å². The number of rotatable bonds is 5. The molecule has 0 aliphatic heterocycles. The molecule has 5 heteroatoms. The molecule has 2 N–H and O–H groups in total. The van der Waals surface area contributed by atoms with Gasteiger partial charge in [0.15, 0.2) is 0 Å². The lowest BCUT2D eigenvalue weighted by atomic mass is 10.1. The Morgan fingerprint density at radius 3 is 2.33 bits per heavy atom. The van der Waals surface area contributed by atoms with Crippen molar-refractivity contribution < 1.29 is 0 Å². The first kappa shape index (κ1) is 16.5. The zero-order valence-electron chi connectivity index (χ0n) is 13.6. The number of halogens is 1. The van der Waals surface area contributed by atoms with Crippen LogP contribution in [0.25, 0.3) is 0 Å². The van der Waals surface area contributed by atoms with Crippen LogP contribution in [0.15, 0.2) is 65.1 Å². The summed E-state index contributed by atoms with van der Waals surface area (Å²) < 4.78 is 0.994. The van der Waals surface area contributed by atoms with E-state index in [4.69, 9.17) is 0 Å². The zero-order chi connectivity index (χ0) is 16.9. The normalized spacial score (nSPS) is 11.8. The van der Waals surface area contributed by atoms with Gasteiger partial charge in [-0.25, -0.2) is 9.97 Å². The molecule has 0 amide bonds. The fourth-order valence-electron chi connectivity index (χ4n) is 2.45. The quantitative estimate of drug-likeness (QED) is 0.614. The summed E-state index contributed by atoms with van der Waals surface area (Å²) in [7, 11) is 0. The lowest BCUT2D eigenvalue weighted by Gasteiger charge is -2.16. The Morgan fingerprint density at radius 1 is 0.917 bits per heavy atom. The van der Waals surface area contributed by atoms with Gasteiger partial charge in [0.05, 0.1) is 5.69 Å². The maximum Gasteiger partial charge on any atom is 0.136 e. The number of para-hydroxylation sites is 1. The molecule has 2 aromatic carbocycles. The first-order valence-corrected chi connectivity index (χ1v) is 8.60. The molecule has 1 atom stereocenters. The molecule has 122 valence electrons. The second-order valence-electron chi connectivity index (χ2n) is 5.57. The Bertz CT molecular complexity index is 821. The zero-order valence-corrected chi connectivity index (χ0v) is 15.2. The molecular weight excluding hydrogens is 364 g/mol. The number of hydrogen-bond donors (Lipinski definition) is 2. The highest BCUT2D eigenvalue weighted by molar-refractivity contribution is 9.10. The van der Waals surface area contributed by atoms with E-state index in [0.29, 0.717) is 0 Å². The number of benzene rings is 2. The van der Waals surface area contributed by atoms with Crippen molar-refractivity contribution in [1.29, 1.82) is 0 Å². The average Bonchev–Trinajstić information content (AvgIpc) is 2.57. The first-order chi connectivity index (χ1) is 11.6. The van der Waals surface area contributed by atoms with Crippen LogP contribution in [0.5, 0.6) is 0 Å². The topological polar surface area (TPSA) is 49.8 Å². The van der Waals surface area contributed by atoms with E-state index in [1.165, 1.54) is 5.56 Å². The van der Waals surface area contributed by atoms with E-state index in [1.54, 1.807) is 0 Å². The lowest BCUT2D eigenvalue weighted by molar-refractivity contribution is 0.867. The summed E-state index contributed by atoms with van der Waals surface area (Å²) in [6.07, 6.45) is 0. The standard InChI is InChI=1S/C19H19BrN4/c1-13(15-8-4-3-5-9-15)21-18-12-19(23-14(2)22-18)24-17-11-7-6-10-16(17)20/h3-13H,1-2H3,(H2,21,22,23,24). The van der Waals surface area contributed by atoms with Gasteiger partial charge < -0.3 is 10.6 Å². The highest BCUT2D eigenvalue weighted by Crippen LogP contribution is 2.26. The van der Waals surface area contributed by atoms with E-state index in [9.17, 15) is 0 Å². The van der Waals surface area contributed by atoms with Crippen LogP contribution in [-0.4, -0.2) is 9.97 Å². The summed E-state index contributed by atoms with van der Waals surface area (Å²) in [6, 6.07) is 20.4. The molecule has 0 aliphatic rings. The van der Waals surface area contributed by atoms with Crippen LogP contribution in [0.1, 0.15) is 24.4 Å². The van der Waals surface area contributed by atoms with Gasteiger partial charge in [-0.05, 0) is 47.5 Å². The molecular formula is C19H19BrN4. The summed E-state index contributed by atoms with van der Waals surface area (Å²) in [4.78, 5) is 8.96. The van der Waals surface area contributed by atoms with Gasteiger partial charge in [0.2, 0.25) is 0 Å². The summed E-state index contributed by atoms with van der Waals surface area (Å²) in [6.45, 7) is 4.01. The van der Waals surface area contributed by atoms with E-state index in [0.717, 1.165) is 27.6 Å². The lowest BCUT2D eigenvalue weighted by Crippen LogP contribution is -2.09. The smallest absolute Gasteiger partial charge is 0.136 e. The van der Waals surface area contributed by atoms with Crippen molar-refractivity contribution in [2.24, 2.45) is 0 Å². The van der Waals surface area contributed by atoms with Crippen LogP contribution in [0.4, 0.5) is 17.3 Å². The Morgan fingerprint density at radius 2 is 1.58 bits per heavy atom. The van der Waals surface area contributed by atoms with Gasteiger partial charge in [-0.1, -0.05) is 42.5 Å². The molecule has 0 bridgehead atoms. The third-order valence-electron chi connectivity index (χ3n) is 3.64. The van der Waals surface area contributed by atoms with E-state index in [2.05, 4.69) is 55.6 Å². The largest absolute Gasteiger partial charge is 0.363 e. The molecule has 1 aromatic heterocycles. The van der Waals surface area contributed by atoms with E-state index in [-0.39, 0.29) is 6.04 Å². The monoisotopic (exact) mass is 382 g/mol. The molecule has 3 rings (SSSR count). The number of aromatic nitrogens is 2. The van der Waals surface area contributed by atoms with Gasteiger partial charge in [0.25, 0.3) is 0 Å². The molecule has 1 heterocycles. The molecule has 24 heavy (non-hydrogen) atoms. The van der Waals surface area contributed by atoms with Gasteiger partial charge in [-0.15, -0.1) is 0 Å². The molecule has 0 fully saturated rings. The Balaban J connectivity index is 1.80. The molecule has 0 radical (unpaired) electrons. The van der Waals surface area contributed by atoms with Crippen LogP contribution in [0, 0.1) is 6.92 Å². The highest BCUT2D eigenvalue weighted by atomic mass is 79.9. The summed E-state index contributed by atoms with van der Waals surface area (Å²) in [5.74, 6) is 2.28. The Labute approximate surface area is 150 Å². The SMILES string of the molecule is Cc1nc(Nc2ccccc2Br)cc(NC(C)c2ccccc2)n1. The van der Waals surface area contributed by atoms with Gasteiger partial charge in [0.1, 0.15) is 17.5 Å². The number of aryl methyl sites for hydroxylation is 1. The average molecular weight is 383 g/mol. The maximum absolute atomic E-state index is 4.49. The van der Waals surface area contributed by atoms with Crippen LogP contribution in [0.3, 0.4) is 0 Å². The minimum atomic E-state index is 0.164. The summed E-state index contributed by atoms with van der Waals surface area (Å²) in [5, 5.41) is 6.77. The van der Waals surface area contributed by atoms with Crippen molar-refractivity contribution in [3.05, 3.63) is 76.5 Å². The minimum absolute atomic E-state index is 0.164. The van der Waals surface area contributed by atoms with Crippen LogP contribution in [-0.2, 0) is 0 Å².